The molecule has 1 saturated heterocycles. The number of aldehydes is 1. The summed E-state index contributed by atoms with van der Waals surface area (Å²) >= 11 is 1.52. The van der Waals surface area contributed by atoms with Crippen molar-refractivity contribution in [2.75, 3.05) is 13.1 Å². The van der Waals surface area contributed by atoms with E-state index in [1.165, 1.54) is 24.2 Å². The van der Waals surface area contributed by atoms with Gasteiger partial charge in [-0.25, -0.2) is 4.98 Å². The Morgan fingerprint density at radius 2 is 2.62 bits per heavy atom. The molecular weight excluding hydrogens is 184 g/mol. The maximum Gasteiger partial charge on any atom is 0.161 e. The van der Waals surface area contributed by atoms with Crippen molar-refractivity contribution in [1.82, 2.24) is 10.3 Å². The number of carbonyl (C=O) groups is 1. The monoisotopic (exact) mass is 196 g/mol. The minimum atomic E-state index is 0.521. The Balaban J connectivity index is 2.09. The van der Waals surface area contributed by atoms with Crippen molar-refractivity contribution >= 4 is 17.6 Å². The molecule has 13 heavy (non-hydrogen) atoms. The van der Waals surface area contributed by atoms with Crippen molar-refractivity contribution in [3.8, 4) is 0 Å². The van der Waals surface area contributed by atoms with Crippen molar-refractivity contribution in [3.63, 3.8) is 0 Å². The Hall–Kier alpha value is -0.740. The lowest BCUT2D eigenvalue weighted by Gasteiger charge is -2.20. The van der Waals surface area contributed by atoms with E-state index >= 15 is 0 Å². The van der Waals surface area contributed by atoms with Gasteiger partial charge in [0.1, 0.15) is 0 Å². The predicted octanol–water partition coefficient (Wildman–Crippen LogP) is 1.42. The molecule has 0 aliphatic carbocycles. The Bertz CT molecular complexity index is 292. The average Bonchev–Trinajstić information content (AvgIpc) is 2.67. The lowest BCUT2D eigenvalue weighted by Crippen LogP contribution is -2.28. The first-order chi connectivity index (χ1) is 6.40. The third kappa shape index (κ3) is 1.95. The second-order valence-corrected chi connectivity index (χ2v) is 4.36. The largest absolute Gasteiger partial charge is 0.316 e. The molecule has 1 unspecified atom stereocenters. The number of nitrogens with one attached hydrogen (secondary N) is 1. The van der Waals surface area contributed by atoms with Gasteiger partial charge in [0, 0.05) is 18.7 Å². The van der Waals surface area contributed by atoms with Crippen molar-refractivity contribution in [3.05, 3.63) is 16.1 Å². The molecule has 2 rings (SSSR count). The van der Waals surface area contributed by atoms with Crippen molar-refractivity contribution in [1.29, 1.82) is 0 Å². The molecule has 2 heterocycles. The van der Waals surface area contributed by atoms with Gasteiger partial charge < -0.3 is 5.32 Å². The van der Waals surface area contributed by atoms with Crippen molar-refractivity contribution in [2.24, 2.45) is 0 Å². The number of piperidine rings is 1. The van der Waals surface area contributed by atoms with Crippen LogP contribution in [-0.2, 0) is 0 Å². The van der Waals surface area contributed by atoms with Gasteiger partial charge in [0.05, 0.1) is 9.88 Å². The van der Waals surface area contributed by atoms with Gasteiger partial charge in [0.15, 0.2) is 6.29 Å². The van der Waals surface area contributed by atoms with Crippen LogP contribution < -0.4 is 5.32 Å². The zero-order chi connectivity index (χ0) is 9.10. The molecule has 0 saturated carbocycles. The summed E-state index contributed by atoms with van der Waals surface area (Å²) in [5.41, 5.74) is 0. The molecule has 1 aliphatic heterocycles. The highest BCUT2D eigenvalue weighted by Gasteiger charge is 2.17. The van der Waals surface area contributed by atoms with Gasteiger partial charge in [0.2, 0.25) is 0 Å². The zero-order valence-corrected chi connectivity index (χ0v) is 8.14. The highest BCUT2D eigenvalue weighted by atomic mass is 32.1. The topological polar surface area (TPSA) is 42.0 Å². The third-order valence-electron chi connectivity index (χ3n) is 2.30. The Kier molecular flexibility index (Phi) is 2.71. The number of carbonyl (C=O) groups excluding carboxylic acids is 1. The van der Waals surface area contributed by atoms with Crippen LogP contribution >= 0.6 is 11.3 Å². The van der Waals surface area contributed by atoms with Gasteiger partial charge in [-0.3, -0.25) is 4.79 Å². The molecular formula is C9H12N2OS. The number of aromatic nitrogens is 1. The first kappa shape index (κ1) is 8.84. The molecule has 1 aliphatic rings. The number of nitrogens with zero attached hydrogens (tertiary/aromatic N) is 1. The van der Waals surface area contributed by atoms with E-state index in [9.17, 15) is 4.79 Å². The van der Waals surface area contributed by atoms with Crippen LogP contribution in [0.25, 0.3) is 0 Å². The van der Waals surface area contributed by atoms with E-state index in [1.807, 2.05) is 0 Å². The lowest BCUT2D eigenvalue weighted by atomic mass is 10.0. The Labute approximate surface area is 81.2 Å². The lowest BCUT2D eigenvalue weighted by molar-refractivity contribution is 0.112. The highest BCUT2D eigenvalue weighted by Crippen LogP contribution is 2.26. The van der Waals surface area contributed by atoms with E-state index in [1.54, 1.807) is 6.20 Å². The molecule has 0 aromatic carbocycles. The number of thiazole rings is 1. The number of hydrogen-bond donors (Lipinski definition) is 1. The molecule has 0 amide bonds. The van der Waals surface area contributed by atoms with E-state index in [0.717, 1.165) is 29.3 Å². The van der Waals surface area contributed by atoms with Crippen LogP contribution in [0.3, 0.4) is 0 Å². The SMILES string of the molecule is O=Cc1cnc(C2CCCNC2)s1. The first-order valence-corrected chi connectivity index (χ1v) is 5.33. The number of rotatable bonds is 2. The van der Waals surface area contributed by atoms with Crippen molar-refractivity contribution in [2.45, 2.75) is 18.8 Å². The van der Waals surface area contributed by atoms with E-state index in [2.05, 4.69) is 10.3 Å². The average molecular weight is 196 g/mol. The maximum atomic E-state index is 10.5. The zero-order valence-electron chi connectivity index (χ0n) is 7.32. The molecule has 70 valence electrons. The molecule has 4 heteroatoms. The van der Waals surface area contributed by atoms with E-state index in [-0.39, 0.29) is 0 Å². The molecule has 1 N–H and O–H groups in total. The summed E-state index contributed by atoms with van der Waals surface area (Å²) in [5, 5.41) is 4.44. The van der Waals surface area contributed by atoms with E-state index in [4.69, 9.17) is 0 Å². The molecule has 0 radical (unpaired) electrons. The standard InChI is InChI=1S/C9H12N2OS/c12-6-8-5-11-9(13-8)7-2-1-3-10-4-7/h5-7,10H,1-4H2. The van der Waals surface area contributed by atoms with Gasteiger partial charge >= 0.3 is 0 Å². The van der Waals surface area contributed by atoms with Crippen LogP contribution in [0.15, 0.2) is 6.20 Å². The summed E-state index contributed by atoms with van der Waals surface area (Å²) in [6.45, 7) is 2.12. The molecule has 0 spiro atoms. The summed E-state index contributed by atoms with van der Waals surface area (Å²) < 4.78 is 0. The molecule has 1 fully saturated rings. The Morgan fingerprint density at radius 1 is 1.69 bits per heavy atom. The second kappa shape index (κ2) is 3.98. The van der Waals surface area contributed by atoms with Crippen molar-refractivity contribution < 1.29 is 4.79 Å². The van der Waals surface area contributed by atoms with Crippen LogP contribution in [0, 0.1) is 0 Å². The van der Waals surface area contributed by atoms with Crippen LogP contribution in [0.1, 0.15) is 33.4 Å². The fourth-order valence-corrected chi connectivity index (χ4v) is 2.47. The normalized spacial score (nSPS) is 22.9. The quantitative estimate of drug-likeness (QED) is 0.727. The third-order valence-corrected chi connectivity index (χ3v) is 3.39. The molecule has 3 nitrogen and oxygen atoms in total. The Morgan fingerprint density at radius 3 is 3.23 bits per heavy atom. The molecule has 1 atom stereocenters. The smallest absolute Gasteiger partial charge is 0.161 e. The van der Waals surface area contributed by atoms with Crippen LogP contribution in [0.5, 0.6) is 0 Å². The minimum Gasteiger partial charge on any atom is -0.316 e. The van der Waals surface area contributed by atoms with Gasteiger partial charge in [-0.05, 0) is 19.4 Å². The molecule has 1 aromatic rings. The molecule has 1 aromatic heterocycles. The first-order valence-electron chi connectivity index (χ1n) is 4.52. The summed E-state index contributed by atoms with van der Waals surface area (Å²) in [7, 11) is 0. The van der Waals surface area contributed by atoms with Gasteiger partial charge in [-0.2, -0.15) is 0 Å². The minimum absolute atomic E-state index is 0.521. The fourth-order valence-electron chi connectivity index (χ4n) is 1.61. The maximum absolute atomic E-state index is 10.5. The van der Waals surface area contributed by atoms with E-state index < -0.39 is 0 Å². The van der Waals surface area contributed by atoms with Crippen LogP contribution in [0.2, 0.25) is 0 Å². The summed E-state index contributed by atoms with van der Waals surface area (Å²) in [6, 6.07) is 0. The van der Waals surface area contributed by atoms with E-state index in [0.29, 0.717) is 5.92 Å². The van der Waals surface area contributed by atoms with Crippen LogP contribution in [0.4, 0.5) is 0 Å². The van der Waals surface area contributed by atoms with Gasteiger partial charge in [0.25, 0.3) is 0 Å². The van der Waals surface area contributed by atoms with Gasteiger partial charge in [-0.15, -0.1) is 11.3 Å². The fraction of sp³-hybridized carbons (Fsp3) is 0.556. The van der Waals surface area contributed by atoms with Crippen LogP contribution in [-0.4, -0.2) is 24.4 Å². The molecule has 0 bridgehead atoms. The summed E-state index contributed by atoms with van der Waals surface area (Å²) in [4.78, 5) is 15.5. The summed E-state index contributed by atoms with van der Waals surface area (Å²) in [5.74, 6) is 0.521. The predicted molar refractivity (Wildman–Crippen MR) is 52.3 cm³/mol. The highest BCUT2D eigenvalue weighted by molar-refractivity contribution is 7.13. The second-order valence-electron chi connectivity index (χ2n) is 3.26. The summed E-state index contributed by atoms with van der Waals surface area (Å²) in [6.07, 6.45) is 4.94. The number of hydrogen-bond acceptors (Lipinski definition) is 4. The van der Waals surface area contributed by atoms with Gasteiger partial charge in [-0.1, -0.05) is 0 Å².